The van der Waals surface area contributed by atoms with Gasteiger partial charge in [0.15, 0.2) is 5.69 Å². The Balaban J connectivity index is 1.73. The van der Waals surface area contributed by atoms with Crippen LogP contribution in [-0.4, -0.2) is 44.4 Å². The molecule has 21 heavy (non-hydrogen) atoms. The maximum absolute atomic E-state index is 13.0. The summed E-state index contributed by atoms with van der Waals surface area (Å²) < 4.78 is 27.3. The van der Waals surface area contributed by atoms with Gasteiger partial charge in [-0.25, -0.2) is 18.3 Å². The first-order valence-electron chi connectivity index (χ1n) is 6.66. The average Bonchev–Trinajstić information content (AvgIpc) is 2.87. The van der Waals surface area contributed by atoms with Gasteiger partial charge in [0.25, 0.3) is 0 Å². The number of hydrogen-bond acceptors (Lipinski definition) is 4. The number of hydrogen-bond donors (Lipinski definition) is 2. The monoisotopic (exact) mass is 302 g/mol. The van der Waals surface area contributed by atoms with Crippen LogP contribution in [0, 0.1) is 5.92 Å². The molecule has 0 atom stereocenters. The zero-order valence-electron chi connectivity index (χ0n) is 11.3. The third-order valence-electron chi connectivity index (χ3n) is 3.49. The molecule has 1 aromatic heterocycles. The summed E-state index contributed by atoms with van der Waals surface area (Å²) in [5, 5.41) is 18.4. The molecule has 0 aliphatic heterocycles. The summed E-state index contributed by atoms with van der Waals surface area (Å²) in [6.07, 6.45) is 1.12. The second-order valence-electron chi connectivity index (χ2n) is 5.09. The molecule has 0 radical (unpaired) electrons. The van der Waals surface area contributed by atoms with Crippen molar-refractivity contribution in [2.75, 3.05) is 6.54 Å². The maximum Gasteiger partial charge on any atom is 0.358 e. The summed E-state index contributed by atoms with van der Waals surface area (Å²) in [4.78, 5) is 22.4. The number of carbonyl (C=O) groups is 2. The lowest BCUT2D eigenvalue weighted by Gasteiger charge is -2.27. The van der Waals surface area contributed by atoms with Gasteiger partial charge in [0.1, 0.15) is 0 Å². The normalized spacial score (nSPS) is 18.4. The van der Waals surface area contributed by atoms with Gasteiger partial charge in [0, 0.05) is 25.3 Å². The lowest BCUT2D eigenvalue weighted by Crippen LogP contribution is -2.37. The summed E-state index contributed by atoms with van der Waals surface area (Å²) in [6, 6.07) is 0. The number of halogens is 2. The molecule has 1 aliphatic carbocycles. The van der Waals surface area contributed by atoms with Gasteiger partial charge in [-0.05, 0) is 12.8 Å². The second-order valence-corrected chi connectivity index (χ2v) is 5.09. The molecule has 0 spiro atoms. The molecule has 2 N–H and O–H groups in total. The Labute approximate surface area is 119 Å². The fraction of sp³-hybridized carbons (Fsp3) is 0.667. The largest absolute Gasteiger partial charge is 0.476 e. The molecule has 0 bridgehead atoms. The highest BCUT2D eigenvalue weighted by Crippen LogP contribution is 2.36. The molecular formula is C12H16F2N4O3. The molecule has 1 amide bonds. The van der Waals surface area contributed by atoms with E-state index in [0.29, 0.717) is 0 Å². The van der Waals surface area contributed by atoms with E-state index in [2.05, 4.69) is 15.6 Å². The molecule has 116 valence electrons. The van der Waals surface area contributed by atoms with Crippen LogP contribution >= 0.6 is 0 Å². The third kappa shape index (κ3) is 4.20. The van der Waals surface area contributed by atoms with Crippen LogP contribution in [0.3, 0.4) is 0 Å². The van der Waals surface area contributed by atoms with Crippen molar-refractivity contribution >= 4 is 11.9 Å². The van der Waals surface area contributed by atoms with Crippen molar-refractivity contribution in [3.05, 3.63) is 11.9 Å². The summed E-state index contributed by atoms with van der Waals surface area (Å²) in [5.41, 5.74) is -0.171. The summed E-state index contributed by atoms with van der Waals surface area (Å²) >= 11 is 0. The Morgan fingerprint density at radius 3 is 2.67 bits per heavy atom. The van der Waals surface area contributed by atoms with E-state index in [1.54, 1.807) is 0 Å². The Kier molecular flexibility index (Phi) is 4.49. The third-order valence-corrected chi connectivity index (χ3v) is 3.49. The number of aromatic nitrogens is 3. The fourth-order valence-corrected chi connectivity index (χ4v) is 2.25. The predicted octanol–water partition coefficient (Wildman–Crippen LogP) is 0.918. The highest BCUT2D eigenvalue weighted by molar-refractivity contribution is 5.84. The van der Waals surface area contributed by atoms with Gasteiger partial charge in [-0.2, -0.15) is 0 Å². The van der Waals surface area contributed by atoms with Crippen molar-refractivity contribution < 1.29 is 23.5 Å². The van der Waals surface area contributed by atoms with Crippen LogP contribution in [0.5, 0.6) is 0 Å². The van der Waals surface area contributed by atoms with Crippen LogP contribution in [-0.2, 0) is 11.3 Å². The van der Waals surface area contributed by atoms with Gasteiger partial charge < -0.3 is 10.4 Å². The molecule has 0 aromatic carbocycles. The molecule has 1 heterocycles. The predicted molar refractivity (Wildman–Crippen MR) is 66.9 cm³/mol. The molecule has 1 fully saturated rings. The van der Waals surface area contributed by atoms with E-state index in [1.807, 2.05) is 0 Å². The molecule has 9 heteroatoms. The van der Waals surface area contributed by atoms with Crippen molar-refractivity contribution in [2.24, 2.45) is 5.92 Å². The summed E-state index contributed by atoms with van der Waals surface area (Å²) in [6.45, 7) is 0.517. The van der Waals surface area contributed by atoms with Crippen LogP contribution in [0.1, 0.15) is 36.2 Å². The van der Waals surface area contributed by atoms with Crippen LogP contribution < -0.4 is 5.32 Å². The number of amides is 1. The van der Waals surface area contributed by atoms with E-state index in [9.17, 15) is 18.4 Å². The number of aromatic carboxylic acids is 1. The SMILES string of the molecule is O=C(O)c1cn(CCNC(=O)C2CCC(F)(F)CC2)nn1. The molecule has 7 nitrogen and oxygen atoms in total. The van der Waals surface area contributed by atoms with Crippen molar-refractivity contribution in [1.82, 2.24) is 20.3 Å². The molecule has 1 aromatic rings. The first kappa shape index (κ1) is 15.3. The van der Waals surface area contributed by atoms with Crippen molar-refractivity contribution in [2.45, 2.75) is 38.2 Å². The number of nitrogens with one attached hydrogen (secondary N) is 1. The van der Waals surface area contributed by atoms with Gasteiger partial charge in [-0.15, -0.1) is 5.10 Å². The Hall–Kier alpha value is -2.06. The van der Waals surface area contributed by atoms with Crippen molar-refractivity contribution in [1.29, 1.82) is 0 Å². The number of alkyl halides is 2. The van der Waals surface area contributed by atoms with Crippen molar-refractivity contribution in [3.63, 3.8) is 0 Å². The van der Waals surface area contributed by atoms with Gasteiger partial charge in [-0.1, -0.05) is 5.21 Å². The first-order chi connectivity index (χ1) is 9.87. The fourth-order valence-electron chi connectivity index (χ4n) is 2.25. The number of rotatable bonds is 5. The highest BCUT2D eigenvalue weighted by atomic mass is 19.3. The van der Waals surface area contributed by atoms with Crippen LogP contribution in [0.4, 0.5) is 8.78 Å². The minimum Gasteiger partial charge on any atom is -0.476 e. The van der Waals surface area contributed by atoms with E-state index < -0.39 is 11.9 Å². The number of carboxylic acid groups (broad SMARTS) is 1. The van der Waals surface area contributed by atoms with E-state index in [-0.39, 0.29) is 56.3 Å². The van der Waals surface area contributed by atoms with Gasteiger partial charge in [0.05, 0.1) is 12.7 Å². The zero-order chi connectivity index (χ0) is 15.5. The summed E-state index contributed by atoms with van der Waals surface area (Å²) in [5.74, 6) is -4.45. The molecular weight excluding hydrogens is 286 g/mol. The Bertz CT molecular complexity index is 522. The number of carboxylic acids is 1. The van der Waals surface area contributed by atoms with Crippen LogP contribution in [0.2, 0.25) is 0 Å². The van der Waals surface area contributed by atoms with E-state index in [1.165, 1.54) is 10.9 Å². The Morgan fingerprint density at radius 1 is 1.43 bits per heavy atom. The topological polar surface area (TPSA) is 97.1 Å². The smallest absolute Gasteiger partial charge is 0.358 e. The lowest BCUT2D eigenvalue weighted by atomic mass is 9.86. The molecule has 2 rings (SSSR count). The van der Waals surface area contributed by atoms with Gasteiger partial charge in [-0.3, -0.25) is 4.79 Å². The molecule has 1 aliphatic rings. The minimum absolute atomic E-state index is 0.171. The molecule has 0 unspecified atom stereocenters. The minimum atomic E-state index is -2.65. The lowest BCUT2D eigenvalue weighted by molar-refractivity contribution is -0.129. The second kappa shape index (κ2) is 6.15. The number of carbonyl (C=O) groups excluding carboxylic acids is 1. The number of nitrogens with zero attached hydrogens (tertiary/aromatic N) is 3. The highest BCUT2D eigenvalue weighted by Gasteiger charge is 2.37. The standard InChI is InChI=1S/C12H16F2N4O3/c13-12(14)3-1-8(2-4-12)10(19)15-5-6-18-7-9(11(20)21)16-17-18/h7-8H,1-6H2,(H,15,19)(H,20,21). The van der Waals surface area contributed by atoms with E-state index in [0.717, 1.165) is 0 Å². The van der Waals surface area contributed by atoms with Crippen molar-refractivity contribution in [3.8, 4) is 0 Å². The van der Waals surface area contributed by atoms with E-state index in [4.69, 9.17) is 5.11 Å². The Morgan fingerprint density at radius 2 is 2.10 bits per heavy atom. The maximum atomic E-state index is 13.0. The summed E-state index contributed by atoms with van der Waals surface area (Å²) in [7, 11) is 0. The quantitative estimate of drug-likeness (QED) is 0.843. The van der Waals surface area contributed by atoms with Crippen LogP contribution in [0.15, 0.2) is 6.20 Å². The average molecular weight is 302 g/mol. The van der Waals surface area contributed by atoms with Gasteiger partial charge >= 0.3 is 5.97 Å². The van der Waals surface area contributed by atoms with Gasteiger partial charge in [0.2, 0.25) is 11.8 Å². The zero-order valence-corrected chi connectivity index (χ0v) is 11.3. The van der Waals surface area contributed by atoms with Crippen LogP contribution in [0.25, 0.3) is 0 Å². The first-order valence-corrected chi connectivity index (χ1v) is 6.66. The van der Waals surface area contributed by atoms with E-state index >= 15 is 0 Å². The molecule has 0 saturated heterocycles. The molecule has 1 saturated carbocycles.